The molecule has 0 bridgehead atoms. The lowest BCUT2D eigenvalue weighted by Gasteiger charge is -2.20. The van der Waals surface area contributed by atoms with Crippen LogP contribution in [0.3, 0.4) is 0 Å². The molecule has 180 valence electrons. The van der Waals surface area contributed by atoms with E-state index in [-0.39, 0.29) is 30.8 Å². The molecule has 0 aliphatic carbocycles. The Balaban J connectivity index is 1.71. The molecule has 1 aromatic heterocycles. The lowest BCUT2D eigenvalue weighted by atomic mass is 10.0. The number of esters is 1. The normalized spacial score (nSPS) is 11.8. The highest BCUT2D eigenvalue weighted by molar-refractivity contribution is 7.71. The molecule has 0 aliphatic heterocycles. The van der Waals surface area contributed by atoms with Gasteiger partial charge in [-0.1, -0.05) is 29.8 Å². The SMILES string of the molecule is COc1ccc(-c2n[nH]c(=S)n2CCC(=O)NC(CC(=O)OC(C)C)c2ccc(C)cc2)cc1. The van der Waals surface area contributed by atoms with Crippen molar-refractivity contribution in [1.82, 2.24) is 20.1 Å². The number of H-pyrrole nitrogens is 1. The predicted octanol–water partition coefficient (Wildman–Crippen LogP) is 4.51. The molecule has 0 saturated carbocycles. The van der Waals surface area contributed by atoms with Gasteiger partial charge in [-0.05, 0) is 62.8 Å². The van der Waals surface area contributed by atoms with Crippen LogP contribution in [0.4, 0.5) is 0 Å². The number of carbonyl (C=O) groups is 2. The molecule has 1 atom stereocenters. The van der Waals surface area contributed by atoms with Crippen molar-refractivity contribution in [3.8, 4) is 17.1 Å². The third kappa shape index (κ3) is 6.77. The third-order valence-corrected chi connectivity index (χ3v) is 5.53. The minimum absolute atomic E-state index is 0.0508. The van der Waals surface area contributed by atoms with Crippen LogP contribution in [0.5, 0.6) is 5.75 Å². The molecule has 3 aromatic rings. The van der Waals surface area contributed by atoms with Gasteiger partial charge >= 0.3 is 5.97 Å². The summed E-state index contributed by atoms with van der Waals surface area (Å²) in [6.45, 7) is 5.91. The fourth-order valence-corrected chi connectivity index (χ4v) is 3.72. The number of ether oxygens (including phenoxy) is 2. The number of aromatic nitrogens is 3. The Morgan fingerprint density at radius 3 is 2.41 bits per heavy atom. The average Bonchev–Trinajstić information content (AvgIpc) is 3.17. The fourth-order valence-electron chi connectivity index (χ4n) is 3.49. The number of hydrogen-bond acceptors (Lipinski definition) is 6. The molecule has 0 aliphatic rings. The molecule has 9 heteroatoms. The lowest BCUT2D eigenvalue weighted by molar-refractivity contribution is -0.148. The van der Waals surface area contributed by atoms with Crippen molar-refractivity contribution in [2.75, 3.05) is 7.11 Å². The van der Waals surface area contributed by atoms with E-state index < -0.39 is 6.04 Å². The molecule has 2 N–H and O–H groups in total. The molecule has 0 fully saturated rings. The first-order valence-corrected chi connectivity index (χ1v) is 11.5. The third-order valence-electron chi connectivity index (χ3n) is 5.22. The molecule has 8 nitrogen and oxygen atoms in total. The van der Waals surface area contributed by atoms with Crippen LogP contribution in [0.2, 0.25) is 0 Å². The van der Waals surface area contributed by atoms with Crippen molar-refractivity contribution < 1.29 is 19.1 Å². The van der Waals surface area contributed by atoms with Crippen LogP contribution in [0.25, 0.3) is 11.4 Å². The monoisotopic (exact) mass is 482 g/mol. The molecular formula is C25H30N4O4S. The maximum absolute atomic E-state index is 12.9. The van der Waals surface area contributed by atoms with Crippen molar-refractivity contribution in [3.05, 3.63) is 64.4 Å². The number of hydrogen-bond donors (Lipinski definition) is 2. The highest BCUT2D eigenvalue weighted by Gasteiger charge is 2.20. The fraction of sp³-hybridized carbons (Fsp3) is 0.360. The van der Waals surface area contributed by atoms with Gasteiger partial charge in [0.25, 0.3) is 0 Å². The second kappa shape index (κ2) is 11.6. The van der Waals surface area contributed by atoms with E-state index in [4.69, 9.17) is 21.7 Å². The number of amides is 1. The highest BCUT2D eigenvalue weighted by atomic mass is 32.1. The van der Waals surface area contributed by atoms with E-state index in [1.165, 1.54) is 0 Å². The zero-order valence-corrected chi connectivity index (χ0v) is 20.6. The maximum Gasteiger partial charge on any atom is 0.308 e. The largest absolute Gasteiger partial charge is 0.497 e. The van der Waals surface area contributed by atoms with E-state index in [1.54, 1.807) is 25.5 Å². The zero-order valence-electron chi connectivity index (χ0n) is 19.8. The van der Waals surface area contributed by atoms with Gasteiger partial charge in [0.15, 0.2) is 10.6 Å². The molecule has 2 aromatic carbocycles. The van der Waals surface area contributed by atoms with Gasteiger partial charge in [-0.2, -0.15) is 5.10 Å². The van der Waals surface area contributed by atoms with E-state index in [0.717, 1.165) is 22.4 Å². The van der Waals surface area contributed by atoms with E-state index >= 15 is 0 Å². The number of aryl methyl sites for hydroxylation is 1. The van der Waals surface area contributed by atoms with Crippen molar-refractivity contribution >= 4 is 24.1 Å². The second-order valence-electron chi connectivity index (χ2n) is 8.26. The summed E-state index contributed by atoms with van der Waals surface area (Å²) in [7, 11) is 1.61. The molecule has 3 rings (SSSR count). The molecular weight excluding hydrogens is 452 g/mol. The first-order chi connectivity index (χ1) is 16.3. The number of aromatic amines is 1. The Morgan fingerprint density at radius 1 is 1.12 bits per heavy atom. The molecule has 0 saturated heterocycles. The Bertz CT molecular complexity index is 1170. The summed E-state index contributed by atoms with van der Waals surface area (Å²) < 4.78 is 12.7. The summed E-state index contributed by atoms with van der Waals surface area (Å²) in [4.78, 5) is 25.2. The Morgan fingerprint density at radius 2 is 1.79 bits per heavy atom. The quantitative estimate of drug-likeness (QED) is 0.326. The van der Waals surface area contributed by atoms with Gasteiger partial charge in [0.1, 0.15) is 5.75 Å². The maximum atomic E-state index is 12.9. The van der Waals surface area contributed by atoms with Gasteiger partial charge < -0.3 is 14.8 Å². The second-order valence-corrected chi connectivity index (χ2v) is 8.64. The van der Waals surface area contributed by atoms with E-state index in [0.29, 0.717) is 17.1 Å². The zero-order chi connectivity index (χ0) is 24.7. The Kier molecular flexibility index (Phi) is 8.59. The van der Waals surface area contributed by atoms with Crippen LogP contribution in [0.1, 0.15) is 43.9 Å². The first kappa shape index (κ1) is 25.2. The molecule has 0 radical (unpaired) electrons. The van der Waals surface area contributed by atoms with Crippen molar-refractivity contribution in [1.29, 1.82) is 0 Å². The molecule has 1 amide bonds. The van der Waals surface area contributed by atoms with Crippen LogP contribution < -0.4 is 10.1 Å². The molecule has 1 heterocycles. The van der Waals surface area contributed by atoms with E-state index in [9.17, 15) is 9.59 Å². The molecule has 1 unspecified atom stereocenters. The minimum atomic E-state index is -0.488. The number of benzene rings is 2. The van der Waals surface area contributed by atoms with Crippen LogP contribution >= 0.6 is 12.2 Å². The summed E-state index contributed by atoms with van der Waals surface area (Å²) >= 11 is 5.37. The topological polar surface area (TPSA) is 98.2 Å². The van der Waals surface area contributed by atoms with Crippen LogP contribution in [-0.2, 0) is 20.9 Å². The summed E-state index contributed by atoms with van der Waals surface area (Å²) in [6, 6.07) is 14.7. The predicted molar refractivity (Wildman–Crippen MR) is 132 cm³/mol. The summed E-state index contributed by atoms with van der Waals surface area (Å²) in [5.41, 5.74) is 2.79. The number of nitrogens with one attached hydrogen (secondary N) is 2. The lowest BCUT2D eigenvalue weighted by Crippen LogP contribution is -2.31. The number of methoxy groups -OCH3 is 1. The molecule has 0 spiro atoms. The van der Waals surface area contributed by atoms with Gasteiger partial charge in [-0.15, -0.1) is 0 Å². The van der Waals surface area contributed by atoms with E-state index in [2.05, 4.69) is 15.5 Å². The van der Waals surface area contributed by atoms with Crippen LogP contribution in [0.15, 0.2) is 48.5 Å². The van der Waals surface area contributed by atoms with Gasteiger partial charge in [0.05, 0.1) is 25.7 Å². The Hall–Kier alpha value is -3.46. The van der Waals surface area contributed by atoms with Crippen LogP contribution in [-0.4, -0.2) is 39.9 Å². The standard InChI is InChI=1S/C25H30N4O4S/c1-16(2)33-23(31)15-21(18-7-5-17(3)6-8-18)26-22(30)13-14-29-24(27-28-25(29)34)19-9-11-20(32-4)12-10-19/h5-12,16,21H,13-15H2,1-4H3,(H,26,30)(H,28,34). The smallest absolute Gasteiger partial charge is 0.308 e. The van der Waals surface area contributed by atoms with Crippen molar-refractivity contribution in [2.45, 2.75) is 52.3 Å². The number of rotatable bonds is 10. The van der Waals surface area contributed by atoms with Crippen molar-refractivity contribution in [2.24, 2.45) is 0 Å². The summed E-state index contributed by atoms with van der Waals surface area (Å²) in [5.74, 6) is 0.810. The van der Waals surface area contributed by atoms with Gasteiger partial charge in [0.2, 0.25) is 5.91 Å². The summed E-state index contributed by atoms with van der Waals surface area (Å²) in [6.07, 6.45) is -0.00503. The number of nitrogens with zero attached hydrogens (tertiary/aromatic N) is 2. The van der Waals surface area contributed by atoms with Crippen molar-refractivity contribution in [3.63, 3.8) is 0 Å². The van der Waals surface area contributed by atoms with Crippen LogP contribution in [0, 0.1) is 11.7 Å². The van der Waals surface area contributed by atoms with Gasteiger partial charge in [-0.3, -0.25) is 19.3 Å². The summed E-state index contributed by atoms with van der Waals surface area (Å²) in [5, 5.41) is 10.1. The Labute approximate surface area is 204 Å². The number of carbonyl (C=O) groups excluding carboxylic acids is 2. The van der Waals surface area contributed by atoms with Gasteiger partial charge in [0, 0.05) is 18.5 Å². The average molecular weight is 483 g/mol. The first-order valence-electron chi connectivity index (χ1n) is 11.1. The van der Waals surface area contributed by atoms with Gasteiger partial charge in [-0.25, -0.2) is 0 Å². The molecule has 34 heavy (non-hydrogen) atoms. The highest BCUT2D eigenvalue weighted by Crippen LogP contribution is 2.22. The van der Waals surface area contributed by atoms with E-state index in [1.807, 2.05) is 55.5 Å². The minimum Gasteiger partial charge on any atom is -0.497 e.